The van der Waals surface area contributed by atoms with Crippen LogP contribution in [0, 0.1) is 0 Å². The molecule has 0 amide bonds. The number of fused-ring (bicyclic) bond motifs is 1. The van der Waals surface area contributed by atoms with Crippen LogP contribution in [0.2, 0.25) is 0 Å². The zero-order valence-electron chi connectivity index (χ0n) is 12.3. The Kier molecular flexibility index (Phi) is 5.00. The molecular weight excluding hydrogens is 234 g/mol. The van der Waals surface area contributed by atoms with Gasteiger partial charge in [-0.2, -0.15) is 0 Å². The maximum absolute atomic E-state index is 9.19. The van der Waals surface area contributed by atoms with Gasteiger partial charge in [0.1, 0.15) is 0 Å². The first kappa shape index (κ1) is 14.5. The molecule has 0 fully saturated rings. The van der Waals surface area contributed by atoms with Crippen molar-refractivity contribution in [2.45, 2.75) is 57.4 Å². The zero-order chi connectivity index (χ0) is 13.7. The van der Waals surface area contributed by atoms with Gasteiger partial charge in [0.05, 0.1) is 0 Å². The van der Waals surface area contributed by atoms with E-state index in [-0.39, 0.29) is 12.1 Å². The highest BCUT2D eigenvalue weighted by Crippen LogP contribution is 2.31. The normalized spacial score (nSPS) is 21.7. The molecule has 0 heterocycles. The average Bonchev–Trinajstić information content (AvgIpc) is 2.45. The van der Waals surface area contributed by atoms with Crippen molar-refractivity contribution in [1.82, 2.24) is 5.32 Å². The van der Waals surface area contributed by atoms with Gasteiger partial charge in [0.2, 0.25) is 0 Å². The Morgan fingerprint density at radius 1 is 1.37 bits per heavy atom. The third kappa shape index (κ3) is 3.58. The molecule has 2 heteroatoms. The van der Waals surface area contributed by atoms with Crippen molar-refractivity contribution in [3.63, 3.8) is 0 Å². The van der Waals surface area contributed by atoms with E-state index in [9.17, 15) is 5.11 Å². The van der Waals surface area contributed by atoms with Gasteiger partial charge in [-0.3, -0.25) is 0 Å². The van der Waals surface area contributed by atoms with Gasteiger partial charge < -0.3 is 10.4 Å². The highest BCUT2D eigenvalue weighted by molar-refractivity contribution is 5.32. The summed E-state index contributed by atoms with van der Waals surface area (Å²) < 4.78 is 0. The molecular formula is C17H27NO. The standard InChI is InChI=1S/C17H27NO/c1-3-17(2,11-12-19)18-13-15-9-6-8-14-7-4-5-10-16(14)15/h4-5,7,10,15,18-19H,3,6,8-9,11-13H2,1-2H3. The molecule has 0 spiro atoms. The van der Waals surface area contributed by atoms with Crippen molar-refractivity contribution >= 4 is 0 Å². The molecule has 2 N–H and O–H groups in total. The fraction of sp³-hybridized carbons (Fsp3) is 0.647. The molecule has 0 bridgehead atoms. The summed E-state index contributed by atoms with van der Waals surface area (Å²) in [7, 11) is 0. The third-order valence-electron chi connectivity index (χ3n) is 4.71. The second-order valence-corrected chi connectivity index (χ2v) is 6.06. The SMILES string of the molecule is CCC(C)(CCO)NCC1CCCc2ccccc21. The molecule has 1 aromatic rings. The quantitative estimate of drug-likeness (QED) is 0.824. The Balaban J connectivity index is 2.01. The molecule has 0 aromatic heterocycles. The summed E-state index contributed by atoms with van der Waals surface area (Å²) in [6.45, 7) is 5.70. The van der Waals surface area contributed by atoms with Gasteiger partial charge in [-0.25, -0.2) is 0 Å². The topological polar surface area (TPSA) is 32.3 Å². The van der Waals surface area contributed by atoms with Crippen LogP contribution in [0.15, 0.2) is 24.3 Å². The van der Waals surface area contributed by atoms with Crippen LogP contribution in [-0.4, -0.2) is 23.8 Å². The molecule has 0 aliphatic heterocycles. The number of hydrogen-bond acceptors (Lipinski definition) is 2. The van der Waals surface area contributed by atoms with Gasteiger partial charge in [-0.1, -0.05) is 31.2 Å². The first-order valence-electron chi connectivity index (χ1n) is 7.62. The molecule has 19 heavy (non-hydrogen) atoms. The van der Waals surface area contributed by atoms with E-state index in [0.29, 0.717) is 5.92 Å². The van der Waals surface area contributed by atoms with E-state index in [1.165, 1.54) is 30.4 Å². The number of aliphatic hydroxyl groups excluding tert-OH is 1. The number of hydrogen-bond donors (Lipinski definition) is 2. The van der Waals surface area contributed by atoms with Gasteiger partial charge in [-0.15, -0.1) is 0 Å². The minimum atomic E-state index is 0.0706. The molecule has 1 aliphatic carbocycles. The summed E-state index contributed by atoms with van der Waals surface area (Å²) >= 11 is 0. The van der Waals surface area contributed by atoms with Crippen molar-refractivity contribution in [2.24, 2.45) is 0 Å². The Hall–Kier alpha value is -0.860. The lowest BCUT2D eigenvalue weighted by Crippen LogP contribution is -2.44. The minimum Gasteiger partial charge on any atom is -0.396 e. The molecule has 1 aliphatic rings. The Morgan fingerprint density at radius 2 is 2.16 bits per heavy atom. The van der Waals surface area contributed by atoms with E-state index in [4.69, 9.17) is 0 Å². The van der Waals surface area contributed by atoms with Crippen molar-refractivity contribution in [3.05, 3.63) is 35.4 Å². The van der Waals surface area contributed by atoms with E-state index in [2.05, 4.69) is 43.4 Å². The van der Waals surface area contributed by atoms with Gasteiger partial charge >= 0.3 is 0 Å². The van der Waals surface area contributed by atoms with Crippen LogP contribution in [0.25, 0.3) is 0 Å². The van der Waals surface area contributed by atoms with Crippen molar-refractivity contribution < 1.29 is 5.11 Å². The average molecular weight is 261 g/mol. The molecule has 106 valence electrons. The summed E-state index contributed by atoms with van der Waals surface area (Å²) in [6, 6.07) is 8.87. The van der Waals surface area contributed by atoms with Crippen LogP contribution in [0.3, 0.4) is 0 Å². The highest BCUT2D eigenvalue weighted by Gasteiger charge is 2.25. The second kappa shape index (κ2) is 6.53. The molecule has 2 unspecified atom stereocenters. The van der Waals surface area contributed by atoms with Crippen LogP contribution in [0.1, 0.15) is 56.6 Å². The molecule has 0 saturated carbocycles. The lowest BCUT2D eigenvalue weighted by molar-refractivity contribution is 0.212. The third-order valence-corrected chi connectivity index (χ3v) is 4.71. The molecule has 0 radical (unpaired) electrons. The summed E-state index contributed by atoms with van der Waals surface area (Å²) in [4.78, 5) is 0. The fourth-order valence-corrected chi connectivity index (χ4v) is 3.07. The number of aryl methyl sites for hydroxylation is 1. The highest BCUT2D eigenvalue weighted by atomic mass is 16.3. The summed E-state index contributed by atoms with van der Waals surface area (Å²) in [5.41, 5.74) is 3.13. The molecule has 2 rings (SSSR count). The summed E-state index contributed by atoms with van der Waals surface area (Å²) in [5, 5.41) is 12.9. The first-order valence-corrected chi connectivity index (χ1v) is 7.62. The van der Waals surface area contributed by atoms with Crippen LogP contribution in [0.4, 0.5) is 0 Å². The summed E-state index contributed by atoms with van der Waals surface area (Å²) in [6.07, 6.45) is 5.70. The van der Waals surface area contributed by atoms with Crippen molar-refractivity contribution in [3.8, 4) is 0 Å². The van der Waals surface area contributed by atoms with Crippen LogP contribution in [-0.2, 0) is 6.42 Å². The van der Waals surface area contributed by atoms with E-state index in [0.717, 1.165) is 19.4 Å². The van der Waals surface area contributed by atoms with Crippen molar-refractivity contribution in [2.75, 3.05) is 13.2 Å². The molecule has 1 aromatic carbocycles. The van der Waals surface area contributed by atoms with Crippen LogP contribution >= 0.6 is 0 Å². The van der Waals surface area contributed by atoms with Crippen LogP contribution in [0.5, 0.6) is 0 Å². The van der Waals surface area contributed by atoms with E-state index >= 15 is 0 Å². The molecule has 2 atom stereocenters. The molecule has 0 saturated heterocycles. The van der Waals surface area contributed by atoms with Gasteiger partial charge in [0, 0.05) is 18.7 Å². The number of rotatable bonds is 6. The number of nitrogens with one attached hydrogen (secondary N) is 1. The Morgan fingerprint density at radius 3 is 2.89 bits per heavy atom. The Bertz CT molecular complexity index is 404. The van der Waals surface area contributed by atoms with Gasteiger partial charge in [0.25, 0.3) is 0 Å². The first-order chi connectivity index (χ1) is 9.18. The van der Waals surface area contributed by atoms with Crippen molar-refractivity contribution in [1.29, 1.82) is 0 Å². The maximum atomic E-state index is 9.19. The Labute approximate surface area is 117 Å². The number of aliphatic hydroxyl groups is 1. The van der Waals surface area contributed by atoms with E-state index in [1.54, 1.807) is 0 Å². The maximum Gasteiger partial charge on any atom is 0.0448 e. The van der Waals surface area contributed by atoms with Gasteiger partial charge in [-0.05, 0) is 56.1 Å². The lowest BCUT2D eigenvalue weighted by Gasteiger charge is -2.33. The van der Waals surface area contributed by atoms with Gasteiger partial charge in [0.15, 0.2) is 0 Å². The lowest BCUT2D eigenvalue weighted by atomic mass is 9.82. The minimum absolute atomic E-state index is 0.0706. The molecule has 2 nitrogen and oxygen atoms in total. The largest absolute Gasteiger partial charge is 0.396 e. The smallest absolute Gasteiger partial charge is 0.0448 e. The monoisotopic (exact) mass is 261 g/mol. The van der Waals surface area contributed by atoms with E-state index < -0.39 is 0 Å². The van der Waals surface area contributed by atoms with E-state index in [1.807, 2.05) is 0 Å². The van der Waals surface area contributed by atoms with Crippen LogP contribution < -0.4 is 5.32 Å². The predicted molar refractivity (Wildman–Crippen MR) is 80.5 cm³/mol. The fourth-order valence-electron chi connectivity index (χ4n) is 3.07. The predicted octanol–water partition coefficient (Wildman–Crippen LogP) is 3.25. The second-order valence-electron chi connectivity index (χ2n) is 6.06. The zero-order valence-corrected chi connectivity index (χ0v) is 12.3. The summed E-state index contributed by atoms with van der Waals surface area (Å²) in [5.74, 6) is 0.634. The number of benzene rings is 1.